The van der Waals surface area contributed by atoms with Gasteiger partial charge >= 0.3 is 0 Å². The van der Waals surface area contributed by atoms with Crippen molar-refractivity contribution in [1.82, 2.24) is 5.32 Å². The van der Waals surface area contributed by atoms with Crippen molar-refractivity contribution in [3.8, 4) is 0 Å². The maximum atomic E-state index is 12.8. The number of aliphatic hydroxyl groups excluding tert-OH is 2. The molecule has 90 valence electrons. The van der Waals surface area contributed by atoms with E-state index in [0.717, 1.165) is 6.07 Å². The molecule has 0 aliphatic rings. The zero-order valence-electron chi connectivity index (χ0n) is 8.95. The Morgan fingerprint density at radius 2 is 2.12 bits per heavy atom. The van der Waals surface area contributed by atoms with Crippen molar-refractivity contribution in [2.24, 2.45) is 0 Å². The fourth-order valence-corrected chi connectivity index (χ4v) is 1.68. The molecular formula is C11H15ClFNO2. The molecule has 0 heterocycles. The van der Waals surface area contributed by atoms with Crippen molar-refractivity contribution in [3.05, 3.63) is 34.6 Å². The Hall–Kier alpha value is -0.680. The summed E-state index contributed by atoms with van der Waals surface area (Å²) in [5, 5.41) is 22.4. The van der Waals surface area contributed by atoms with Crippen LogP contribution >= 0.6 is 11.6 Å². The Balaban J connectivity index is 2.75. The van der Waals surface area contributed by atoms with Gasteiger partial charge in [0.15, 0.2) is 0 Å². The van der Waals surface area contributed by atoms with Crippen LogP contribution in [0.2, 0.25) is 5.02 Å². The van der Waals surface area contributed by atoms with Gasteiger partial charge in [0.25, 0.3) is 0 Å². The van der Waals surface area contributed by atoms with E-state index in [1.165, 1.54) is 12.1 Å². The van der Waals surface area contributed by atoms with Crippen LogP contribution in [0.25, 0.3) is 0 Å². The number of halogens is 2. The molecule has 1 aromatic carbocycles. The number of nitrogens with one attached hydrogen (secondary N) is 1. The van der Waals surface area contributed by atoms with Gasteiger partial charge in [-0.3, -0.25) is 0 Å². The van der Waals surface area contributed by atoms with Gasteiger partial charge in [-0.05, 0) is 32.1 Å². The van der Waals surface area contributed by atoms with Crippen molar-refractivity contribution in [2.45, 2.75) is 18.6 Å². The highest BCUT2D eigenvalue weighted by atomic mass is 35.5. The molecule has 0 fully saturated rings. The minimum Gasteiger partial charge on any atom is -0.390 e. The first-order chi connectivity index (χ1) is 7.56. The smallest absolute Gasteiger partial charge is 0.124 e. The topological polar surface area (TPSA) is 52.5 Å². The average molecular weight is 248 g/mol. The highest BCUT2D eigenvalue weighted by molar-refractivity contribution is 6.31. The van der Waals surface area contributed by atoms with Crippen LogP contribution in [-0.4, -0.2) is 29.9 Å². The van der Waals surface area contributed by atoms with Crippen LogP contribution in [0.4, 0.5) is 4.39 Å². The first-order valence-electron chi connectivity index (χ1n) is 5.02. The summed E-state index contributed by atoms with van der Waals surface area (Å²) < 4.78 is 12.8. The van der Waals surface area contributed by atoms with Gasteiger partial charge in [0, 0.05) is 10.6 Å². The van der Waals surface area contributed by atoms with Gasteiger partial charge in [-0.15, -0.1) is 0 Å². The number of rotatable bonds is 5. The van der Waals surface area contributed by atoms with Crippen molar-refractivity contribution in [3.63, 3.8) is 0 Å². The van der Waals surface area contributed by atoms with Crippen molar-refractivity contribution < 1.29 is 14.6 Å². The van der Waals surface area contributed by atoms with Crippen LogP contribution in [0, 0.1) is 5.82 Å². The molecule has 0 saturated carbocycles. The maximum absolute atomic E-state index is 12.8. The second-order valence-corrected chi connectivity index (χ2v) is 3.98. The predicted octanol–water partition coefficient (Wildman–Crippen LogP) is 1.48. The minimum atomic E-state index is -1.10. The van der Waals surface area contributed by atoms with E-state index in [1.54, 1.807) is 7.05 Å². The molecule has 0 saturated heterocycles. The SMILES string of the molecule is CNCCC(O)C(O)c1ccc(F)cc1Cl. The molecule has 0 aliphatic heterocycles. The molecule has 2 atom stereocenters. The van der Waals surface area contributed by atoms with E-state index in [-0.39, 0.29) is 5.02 Å². The van der Waals surface area contributed by atoms with E-state index in [9.17, 15) is 14.6 Å². The molecule has 2 unspecified atom stereocenters. The van der Waals surface area contributed by atoms with E-state index >= 15 is 0 Å². The molecular weight excluding hydrogens is 233 g/mol. The monoisotopic (exact) mass is 247 g/mol. The lowest BCUT2D eigenvalue weighted by Crippen LogP contribution is -2.23. The van der Waals surface area contributed by atoms with Gasteiger partial charge < -0.3 is 15.5 Å². The fourth-order valence-electron chi connectivity index (χ4n) is 1.40. The molecule has 5 heteroatoms. The Morgan fingerprint density at radius 3 is 2.69 bits per heavy atom. The molecule has 0 amide bonds. The molecule has 16 heavy (non-hydrogen) atoms. The normalized spacial score (nSPS) is 14.8. The molecule has 0 spiro atoms. The summed E-state index contributed by atoms with van der Waals surface area (Å²) in [6.45, 7) is 0.580. The number of aliphatic hydroxyl groups is 2. The molecule has 3 N–H and O–H groups in total. The highest BCUT2D eigenvalue weighted by Gasteiger charge is 2.20. The Kier molecular flexibility index (Phi) is 5.15. The van der Waals surface area contributed by atoms with Crippen LogP contribution in [0.3, 0.4) is 0 Å². The highest BCUT2D eigenvalue weighted by Crippen LogP contribution is 2.26. The molecule has 1 aromatic rings. The molecule has 3 nitrogen and oxygen atoms in total. The van der Waals surface area contributed by atoms with Gasteiger partial charge in [-0.25, -0.2) is 4.39 Å². The fraction of sp³-hybridized carbons (Fsp3) is 0.455. The zero-order chi connectivity index (χ0) is 12.1. The summed E-state index contributed by atoms with van der Waals surface area (Å²) in [7, 11) is 1.75. The summed E-state index contributed by atoms with van der Waals surface area (Å²) >= 11 is 5.78. The summed E-state index contributed by atoms with van der Waals surface area (Å²) in [5.41, 5.74) is 0.340. The maximum Gasteiger partial charge on any atom is 0.124 e. The Morgan fingerprint density at radius 1 is 1.44 bits per heavy atom. The summed E-state index contributed by atoms with van der Waals surface area (Å²) in [5.74, 6) is -0.467. The number of benzene rings is 1. The van der Waals surface area contributed by atoms with Crippen molar-refractivity contribution in [2.75, 3.05) is 13.6 Å². The average Bonchev–Trinajstić information content (AvgIpc) is 2.25. The third-order valence-corrected chi connectivity index (χ3v) is 2.66. The molecule has 0 radical (unpaired) electrons. The predicted molar refractivity (Wildman–Crippen MR) is 60.9 cm³/mol. The largest absolute Gasteiger partial charge is 0.390 e. The summed E-state index contributed by atoms with van der Waals surface area (Å²) in [6, 6.07) is 3.70. The second-order valence-electron chi connectivity index (χ2n) is 3.57. The molecule has 0 aliphatic carbocycles. The minimum absolute atomic E-state index is 0.121. The van der Waals surface area contributed by atoms with Gasteiger partial charge in [0.2, 0.25) is 0 Å². The van der Waals surface area contributed by atoms with Crippen LogP contribution in [0.15, 0.2) is 18.2 Å². The molecule has 0 bridgehead atoms. The lowest BCUT2D eigenvalue weighted by molar-refractivity contribution is 0.0140. The standard InChI is InChI=1S/C11H15ClFNO2/c1-14-5-4-10(15)11(16)8-3-2-7(13)6-9(8)12/h2-3,6,10-11,14-16H,4-5H2,1H3. The van der Waals surface area contributed by atoms with Crippen molar-refractivity contribution in [1.29, 1.82) is 0 Å². The van der Waals surface area contributed by atoms with E-state index < -0.39 is 18.0 Å². The van der Waals surface area contributed by atoms with Gasteiger partial charge in [0.1, 0.15) is 11.9 Å². The second kappa shape index (κ2) is 6.15. The van der Waals surface area contributed by atoms with Gasteiger partial charge in [-0.2, -0.15) is 0 Å². The zero-order valence-corrected chi connectivity index (χ0v) is 9.71. The third-order valence-electron chi connectivity index (χ3n) is 2.34. The van der Waals surface area contributed by atoms with Gasteiger partial charge in [-0.1, -0.05) is 17.7 Å². The first-order valence-corrected chi connectivity index (χ1v) is 5.39. The van der Waals surface area contributed by atoms with Crippen LogP contribution in [0.5, 0.6) is 0 Å². The van der Waals surface area contributed by atoms with Crippen molar-refractivity contribution >= 4 is 11.6 Å². The first kappa shape index (κ1) is 13.4. The summed E-state index contributed by atoms with van der Waals surface area (Å²) in [6.07, 6.45) is -1.62. The van der Waals surface area contributed by atoms with Gasteiger partial charge in [0.05, 0.1) is 6.10 Å². The summed E-state index contributed by atoms with van der Waals surface area (Å²) in [4.78, 5) is 0. The lowest BCUT2D eigenvalue weighted by atomic mass is 10.0. The van der Waals surface area contributed by atoms with E-state index in [2.05, 4.69) is 5.32 Å². The third kappa shape index (κ3) is 3.42. The van der Waals surface area contributed by atoms with E-state index in [4.69, 9.17) is 11.6 Å². The number of hydrogen-bond acceptors (Lipinski definition) is 3. The quantitative estimate of drug-likeness (QED) is 0.739. The Bertz CT molecular complexity index is 349. The van der Waals surface area contributed by atoms with Crippen LogP contribution in [-0.2, 0) is 0 Å². The van der Waals surface area contributed by atoms with Crippen LogP contribution < -0.4 is 5.32 Å². The van der Waals surface area contributed by atoms with Crippen LogP contribution in [0.1, 0.15) is 18.1 Å². The van der Waals surface area contributed by atoms with E-state index in [0.29, 0.717) is 18.5 Å². The molecule has 0 aromatic heterocycles. The molecule has 1 rings (SSSR count). The lowest BCUT2D eigenvalue weighted by Gasteiger charge is -2.19. The Labute approximate surface area is 98.9 Å². The van der Waals surface area contributed by atoms with E-state index in [1.807, 2.05) is 0 Å². The number of hydrogen-bond donors (Lipinski definition) is 3.